The molecule has 0 bridgehead atoms. The van der Waals surface area contributed by atoms with Crippen LogP contribution < -0.4 is 0 Å². The minimum Gasteiger partial charge on any atom is -0.512 e. The van der Waals surface area contributed by atoms with Crippen molar-refractivity contribution in [3.05, 3.63) is 12.3 Å². The molecule has 0 rings (SSSR count). The number of aliphatic hydroxyl groups excluding tert-OH is 1. The zero-order chi connectivity index (χ0) is 8.15. The van der Waals surface area contributed by atoms with Crippen molar-refractivity contribution in [3.8, 4) is 0 Å². The molecule has 1 atom stereocenters. The number of allylic oxidation sites excluding steroid dienone is 1. The van der Waals surface area contributed by atoms with E-state index in [1.165, 1.54) is 0 Å². The summed E-state index contributed by atoms with van der Waals surface area (Å²) in [5.74, 6) is -0.801. The molecule has 0 radical (unpaired) electrons. The fourth-order valence-corrected chi connectivity index (χ4v) is 0.728. The largest absolute Gasteiger partial charge is 0.512 e. The molecule has 58 valence electrons. The lowest BCUT2D eigenvalue weighted by atomic mass is 10.2. The molecule has 0 aromatic rings. The van der Waals surface area contributed by atoms with Crippen LogP contribution in [-0.4, -0.2) is 20.1 Å². The second-order valence-corrected chi connectivity index (χ2v) is 3.39. The van der Waals surface area contributed by atoms with Crippen molar-refractivity contribution in [2.45, 2.75) is 16.8 Å². The average Bonchev–Trinajstić information content (AvgIpc) is 1.82. The van der Waals surface area contributed by atoms with Crippen LogP contribution in [0.1, 0.15) is 12.8 Å². The van der Waals surface area contributed by atoms with Crippen molar-refractivity contribution in [2.24, 2.45) is 0 Å². The molecule has 0 aromatic carbocycles. The summed E-state index contributed by atoms with van der Waals surface area (Å²) >= 11 is 1.95. The van der Waals surface area contributed by atoms with E-state index in [1.54, 1.807) is 0 Å². The Labute approximate surface area is 72.9 Å². The minimum absolute atomic E-state index is 0.0434. The molecule has 0 fully saturated rings. The Hall–Kier alpha value is -0.260. The fraction of sp³-hybridized carbons (Fsp3) is 0.500. The molecule has 0 spiro atoms. The van der Waals surface area contributed by atoms with Crippen LogP contribution in [0.5, 0.6) is 0 Å². The van der Waals surface area contributed by atoms with E-state index in [-0.39, 0.29) is 16.1 Å². The zero-order valence-corrected chi connectivity index (χ0v) is 7.54. The molecule has 4 heteroatoms. The van der Waals surface area contributed by atoms with Gasteiger partial charge in [0.2, 0.25) is 0 Å². The van der Waals surface area contributed by atoms with Crippen LogP contribution in [0.15, 0.2) is 12.3 Å². The molecule has 0 saturated heterocycles. The van der Waals surface area contributed by atoms with Crippen molar-refractivity contribution in [1.29, 1.82) is 0 Å². The van der Waals surface area contributed by atoms with Gasteiger partial charge in [0.25, 0.3) is 0 Å². The van der Waals surface area contributed by atoms with Crippen LogP contribution in [0.4, 0.5) is 0 Å². The van der Waals surface area contributed by atoms with Gasteiger partial charge in [-0.25, -0.2) is 0 Å². The van der Waals surface area contributed by atoms with E-state index in [1.807, 2.05) is 22.6 Å². The van der Waals surface area contributed by atoms with Crippen LogP contribution in [0.2, 0.25) is 0 Å². The molecule has 0 saturated carbocycles. The summed E-state index contributed by atoms with van der Waals surface area (Å²) in [5, 5.41) is 17.0. The highest BCUT2D eigenvalue weighted by Crippen LogP contribution is 2.14. The standard InChI is InChI=1S/C6H9IO3/c1-4(8)5(7)2-3-6(9)10/h5,8H,1-3H2,(H,9,10)/t5-/m0/s1. The van der Waals surface area contributed by atoms with Crippen molar-refractivity contribution >= 4 is 28.6 Å². The third-order valence-electron chi connectivity index (χ3n) is 0.973. The maximum absolute atomic E-state index is 10.0. The smallest absolute Gasteiger partial charge is 0.303 e. The number of hydrogen-bond donors (Lipinski definition) is 2. The third-order valence-corrected chi connectivity index (χ3v) is 2.31. The maximum Gasteiger partial charge on any atom is 0.303 e. The molecule has 2 N–H and O–H groups in total. The Morgan fingerprint density at radius 1 is 1.60 bits per heavy atom. The van der Waals surface area contributed by atoms with Gasteiger partial charge >= 0.3 is 5.97 Å². The van der Waals surface area contributed by atoms with Crippen molar-refractivity contribution in [1.82, 2.24) is 0 Å². The summed E-state index contributed by atoms with van der Waals surface area (Å²) in [6.07, 6.45) is 0.512. The number of hydrogen-bond acceptors (Lipinski definition) is 2. The highest BCUT2D eigenvalue weighted by atomic mass is 127. The van der Waals surface area contributed by atoms with E-state index < -0.39 is 5.97 Å². The quantitative estimate of drug-likeness (QED) is 0.457. The lowest BCUT2D eigenvalue weighted by Crippen LogP contribution is -2.04. The highest BCUT2D eigenvalue weighted by molar-refractivity contribution is 14.1. The molecule has 0 aromatic heterocycles. The number of halogens is 1. The van der Waals surface area contributed by atoms with E-state index in [2.05, 4.69) is 6.58 Å². The molecular formula is C6H9IO3. The number of carboxylic acid groups (broad SMARTS) is 1. The Balaban J connectivity index is 3.49. The first-order chi connectivity index (χ1) is 4.54. The van der Waals surface area contributed by atoms with Gasteiger partial charge in [0.05, 0.1) is 9.68 Å². The first-order valence-electron chi connectivity index (χ1n) is 2.77. The number of aliphatic hydroxyl groups is 1. The van der Waals surface area contributed by atoms with Gasteiger partial charge in [-0.3, -0.25) is 4.79 Å². The lowest BCUT2D eigenvalue weighted by Gasteiger charge is -2.03. The van der Waals surface area contributed by atoms with Gasteiger partial charge in [0.15, 0.2) is 0 Å². The normalized spacial score (nSPS) is 12.5. The van der Waals surface area contributed by atoms with Gasteiger partial charge in [-0.2, -0.15) is 0 Å². The summed E-state index contributed by atoms with van der Waals surface area (Å²) in [7, 11) is 0. The van der Waals surface area contributed by atoms with Gasteiger partial charge < -0.3 is 10.2 Å². The second kappa shape index (κ2) is 4.54. The number of carboxylic acids is 1. The summed E-state index contributed by atoms with van der Waals surface area (Å²) in [6, 6.07) is 0. The first kappa shape index (κ1) is 9.74. The summed E-state index contributed by atoms with van der Waals surface area (Å²) in [4.78, 5) is 10.0. The summed E-state index contributed by atoms with van der Waals surface area (Å²) < 4.78 is -0.145. The SMILES string of the molecule is C=C(O)[C@@H](I)CCC(=O)O. The second-order valence-electron chi connectivity index (χ2n) is 1.89. The maximum atomic E-state index is 10.0. The summed E-state index contributed by atoms with van der Waals surface area (Å²) in [5.41, 5.74) is 0. The molecule has 3 nitrogen and oxygen atoms in total. The predicted molar refractivity (Wildman–Crippen MR) is 46.4 cm³/mol. The van der Waals surface area contributed by atoms with Crippen LogP contribution in [0, 0.1) is 0 Å². The summed E-state index contributed by atoms with van der Waals surface area (Å²) in [6.45, 7) is 3.29. The lowest BCUT2D eigenvalue weighted by molar-refractivity contribution is -0.137. The van der Waals surface area contributed by atoms with Crippen molar-refractivity contribution in [3.63, 3.8) is 0 Å². The first-order valence-corrected chi connectivity index (χ1v) is 4.02. The van der Waals surface area contributed by atoms with E-state index in [9.17, 15) is 4.79 Å². The monoisotopic (exact) mass is 256 g/mol. The Bertz CT molecular complexity index is 144. The topological polar surface area (TPSA) is 57.5 Å². The van der Waals surface area contributed by atoms with E-state index >= 15 is 0 Å². The van der Waals surface area contributed by atoms with Crippen LogP contribution >= 0.6 is 22.6 Å². The Morgan fingerprint density at radius 2 is 2.10 bits per heavy atom. The molecule has 0 heterocycles. The fourth-order valence-electron chi connectivity index (χ4n) is 0.417. The van der Waals surface area contributed by atoms with E-state index in [4.69, 9.17) is 10.2 Å². The molecular weight excluding hydrogens is 247 g/mol. The molecule has 0 unspecified atom stereocenters. The molecule has 0 aliphatic heterocycles. The Kier molecular flexibility index (Phi) is 4.42. The van der Waals surface area contributed by atoms with Crippen LogP contribution in [0.3, 0.4) is 0 Å². The predicted octanol–water partition coefficient (Wildman–Crippen LogP) is 1.73. The highest BCUT2D eigenvalue weighted by Gasteiger charge is 2.08. The Morgan fingerprint density at radius 3 is 2.40 bits per heavy atom. The van der Waals surface area contributed by atoms with Crippen LogP contribution in [-0.2, 0) is 4.79 Å². The van der Waals surface area contributed by atoms with Crippen molar-refractivity contribution in [2.75, 3.05) is 0 Å². The van der Waals surface area contributed by atoms with Crippen LogP contribution in [0.25, 0.3) is 0 Å². The molecule has 10 heavy (non-hydrogen) atoms. The minimum atomic E-state index is -0.845. The number of carbonyl (C=O) groups is 1. The third kappa shape index (κ3) is 4.60. The average molecular weight is 256 g/mol. The molecule has 0 amide bonds. The number of aliphatic carboxylic acids is 1. The van der Waals surface area contributed by atoms with Gasteiger partial charge in [0, 0.05) is 6.42 Å². The molecule has 0 aliphatic carbocycles. The molecule has 0 aliphatic rings. The van der Waals surface area contributed by atoms with Gasteiger partial charge in [-0.1, -0.05) is 29.2 Å². The number of rotatable bonds is 4. The van der Waals surface area contributed by atoms with Gasteiger partial charge in [-0.15, -0.1) is 0 Å². The van der Waals surface area contributed by atoms with Crippen molar-refractivity contribution < 1.29 is 15.0 Å². The van der Waals surface area contributed by atoms with Gasteiger partial charge in [0.1, 0.15) is 0 Å². The van der Waals surface area contributed by atoms with E-state index in [0.717, 1.165) is 0 Å². The number of alkyl halides is 1. The van der Waals surface area contributed by atoms with E-state index in [0.29, 0.717) is 6.42 Å². The van der Waals surface area contributed by atoms with Gasteiger partial charge in [-0.05, 0) is 6.42 Å². The zero-order valence-electron chi connectivity index (χ0n) is 5.38.